The molecule has 9 heteroatoms. The molecule has 1 aliphatic heterocycles. The normalized spacial score (nSPS) is 17.6. The molecule has 1 N–H and O–H groups in total. The molecule has 0 aromatic carbocycles. The molecule has 24 heavy (non-hydrogen) atoms. The Hall–Kier alpha value is -2.16. The summed E-state index contributed by atoms with van der Waals surface area (Å²) < 4.78 is 7.55. The van der Waals surface area contributed by atoms with Gasteiger partial charge in [-0.25, -0.2) is 4.98 Å². The van der Waals surface area contributed by atoms with Crippen LogP contribution in [0.1, 0.15) is 23.2 Å². The van der Waals surface area contributed by atoms with Crippen LogP contribution in [0.2, 0.25) is 0 Å². The number of ether oxygens (including phenoxy) is 1. The van der Waals surface area contributed by atoms with E-state index in [1.165, 1.54) is 0 Å². The smallest absolute Gasteiger partial charge is 0.254 e. The molecule has 1 saturated heterocycles. The first-order valence-corrected chi connectivity index (χ1v) is 8.47. The molecule has 0 aliphatic carbocycles. The number of nitrogens with zero attached hydrogens (tertiary/aromatic N) is 5. The number of piperidine rings is 1. The van der Waals surface area contributed by atoms with Crippen LogP contribution >= 0.6 is 15.9 Å². The molecule has 3 heterocycles. The Kier molecular flexibility index (Phi) is 4.98. The van der Waals surface area contributed by atoms with Gasteiger partial charge in [-0.1, -0.05) is 0 Å². The monoisotopic (exact) mass is 394 g/mol. The lowest BCUT2D eigenvalue weighted by atomic mass is 10.1. The second-order valence-electron chi connectivity index (χ2n) is 5.69. The van der Waals surface area contributed by atoms with E-state index in [1.807, 2.05) is 0 Å². The average molecular weight is 395 g/mol. The second-order valence-corrected chi connectivity index (χ2v) is 6.54. The van der Waals surface area contributed by atoms with E-state index in [0.717, 1.165) is 19.4 Å². The van der Waals surface area contributed by atoms with E-state index in [1.54, 1.807) is 37.4 Å². The molecule has 1 amide bonds. The van der Waals surface area contributed by atoms with Crippen molar-refractivity contribution in [2.45, 2.75) is 18.9 Å². The van der Waals surface area contributed by atoms with E-state index in [4.69, 9.17) is 4.74 Å². The number of hydrogen-bond acceptors (Lipinski definition) is 6. The van der Waals surface area contributed by atoms with Crippen LogP contribution in [0.5, 0.6) is 5.88 Å². The molecule has 1 fully saturated rings. The zero-order valence-corrected chi connectivity index (χ0v) is 15.2. The number of amides is 1. The van der Waals surface area contributed by atoms with E-state index < -0.39 is 0 Å². The summed E-state index contributed by atoms with van der Waals surface area (Å²) in [6, 6.07) is 0.0460. The van der Waals surface area contributed by atoms with Crippen LogP contribution < -0.4 is 15.0 Å². The summed E-state index contributed by atoms with van der Waals surface area (Å²) in [7, 11) is 3.36. The minimum Gasteiger partial charge on any atom is -0.480 e. The summed E-state index contributed by atoms with van der Waals surface area (Å²) in [6.07, 6.45) is 6.84. The summed E-state index contributed by atoms with van der Waals surface area (Å²) in [5, 5.41) is 7.09. The van der Waals surface area contributed by atoms with Gasteiger partial charge in [0.15, 0.2) is 0 Å². The Morgan fingerprint density at radius 1 is 1.46 bits per heavy atom. The van der Waals surface area contributed by atoms with Crippen molar-refractivity contribution in [3.8, 4) is 5.88 Å². The van der Waals surface area contributed by atoms with Gasteiger partial charge in [0.25, 0.3) is 5.91 Å². The van der Waals surface area contributed by atoms with Crippen molar-refractivity contribution in [3.05, 3.63) is 28.6 Å². The fraction of sp³-hybridized carbons (Fsp3) is 0.467. The summed E-state index contributed by atoms with van der Waals surface area (Å²) in [4.78, 5) is 23.1. The van der Waals surface area contributed by atoms with Gasteiger partial charge in [-0.2, -0.15) is 10.1 Å². The molecule has 0 saturated carbocycles. The molecule has 0 spiro atoms. The molecule has 1 atom stereocenters. The van der Waals surface area contributed by atoms with Crippen LogP contribution in [0.25, 0.3) is 0 Å². The molecule has 0 bridgehead atoms. The van der Waals surface area contributed by atoms with Crippen molar-refractivity contribution in [1.29, 1.82) is 0 Å². The van der Waals surface area contributed by atoms with Crippen molar-refractivity contribution in [3.63, 3.8) is 0 Å². The van der Waals surface area contributed by atoms with Crippen LogP contribution in [0.3, 0.4) is 0 Å². The molecule has 2 aromatic heterocycles. The first-order valence-electron chi connectivity index (χ1n) is 7.68. The van der Waals surface area contributed by atoms with Crippen molar-refractivity contribution >= 4 is 27.8 Å². The SMILES string of the molecule is COc1nc(N2CCCC(NC(=O)c3cnn(C)c3)C2)ncc1Br. The van der Waals surface area contributed by atoms with Gasteiger partial charge in [0, 0.05) is 32.4 Å². The van der Waals surface area contributed by atoms with Crippen LogP contribution in [0.15, 0.2) is 23.1 Å². The maximum Gasteiger partial charge on any atom is 0.254 e. The molecule has 8 nitrogen and oxygen atoms in total. The second kappa shape index (κ2) is 7.16. The maximum absolute atomic E-state index is 12.3. The predicted octanol–water partition coefficient (Wildman–Crippen LogP) is 1.38. The number of hydrogen-bond donors (Lipinski definition) is 1. The third kappa shape index (κ3) is 3.66. The molecule has 128 valence electrons. The number of carbonyl (C=O) groups is 1. The van der Waals surface area contributed by atoms with Crippen molar-refractivity contribution in [2.24, 2.45) is 7.05 Å². The Morgan fingerprint density at radius 2 is 2.29 bits per heavy atom. The van der Waals surface area contributed by atoms with Gasteiger partial charge in [-0.3, -0.25) is 9.48 Å². The predicted molar refractivity (Wildman–Crippen MR) is 92.2 cm³/mol. The number of methoxy groups -OCH3 is 1. The lowest BCUT2D eigenvalue weighted by Gasteiger charge is -2.33. The highest BCUT2D eigenvalue weighted by Gasteiger charge is 2.24. The van der Waals surface area contributed by atoms with Crippen molar-refractivity contribution in [1.82, 2.24) is 25.1 Å². The molecular weight excluding hydrogens is 376 g/mol. The van der Waals surface area contributed by atoms with Crippen LogP contribution in [0.4, 0.5) is 5.95 Å². The number of anilines is 1. The third-order valence-corrected chi connectivity index (χ3v) is 4.44. The van der Waals surface area contributed by atoms with Crippen molar-refractivity contribution in [2.75, 3.05) is 25.1 Å². The largest absolute Gasteiger partial charge is 0.480 e. The maximum atomic E-state index is 12.3. The average Bonchev–Trinajstić information content (AvgIpc) is 3.02. The topological polar surface area (TPSA) is 85.2 Å². The fourth-order valence-electron chi connectivity index (χ4n) is 2.72. The number of halogens is 1. The Morgan fingerprint density at radius 3 is 3.00 bits per heavy atom. The quantitative estimate of drug-likeness (QED) is 0.842. The zero-order valence-electron chi connectivity index (χ0n) is 13.6. The molecule has 2 aromatic rings. The van der Waals surface area contributed by atoms with E-state index in [2.05, 4.69) is 41.2 Å². The number of nitrogens with one attached hydrogen (secondary N) is 1. The fourth-order valence-corrected chi connectivity index (χ4v) is 3.07. The summed E-state index contributed by atoms with van der Waals surface area (Å²) >= 11 is 3.35. The van der Waals surface area contributed by atoms with Gasteiger partial charge >= 0.3 is 0 Å². The van der Waals surface area contributed by atoms with Gasteiger partial charge < -0.3 is 15.0 Å². The Labute approximate surface area is 148 Å². The molecule has 3 rings (SSSR count). The van der Waals surface area contributed by atoms with Crippen LogP contribution in [-0.4, -0.2) is 51.9 Å². The van der Waals surface area contributed by atoms with E-state index in [0.29, 0.717) is 28.4 Å². The highest BCUT2D eigenvalue weighted by Crippen LogP contribution is 2.25. The highest BCUT2D eigenvalue weighted by molar-refractivity contribution is 9.10. The Bertz CT molecular complexity index is 735. The standard InChI is InChI=1S/C15H19BrN6O2/c1-21-8-10(6-18-21)13(23)19-11-4-3-5-22(9-11)15-17-7-12(16)14(20-15)24-2/h6-8,11H,3-5,9H2,1-2H3,(H,19,23). The first kappa shape index (κ1) is 16.7. The first-order chi connectivity index (χ1) is 11.6. The van der Waals surface area contributed by atoms with E-state index in [9.17, 15) is 4.79 Å². The van der Waals surface area contributed by atoms with Crippen LogP contribution in [0, 0.1) is 0 Å². The zero-order chi connectivity index (χ0) is 17.1. The van der Waals surface area contributed by atoms with Gasteiger partial charge in [0.1, 0.15) is 0 Å². The highest BCUT2D eigenvalue weighted by atomic mass is 79.9. The molecule has 1 aliphatic rings. The summed E-state index contributed by atoms with van der Waals surface area (Å²) in [5.41, 5.74) is 0.566. The number of aromatic nitrogens is 4. The minimum absolute atomic E-state index is 0.0460. The van der Waals surface area contributed by atoms with E-state index in [-0.39, 0.29) is 11.9 Å². The number of aryl methyl sites for hydroxylation is 1. The molecule has 1 unspecified atom stereocenters. The van der Waals surface area contributed by atoms with Gasteiger partial charge in [-0.05, 0) is 28.8 Å². The summed E-state index contributed by atoms with van der Waals surface area (Å²) in [6.45, 7) is 1.51. The molecular formula is C15H19BrN6O2. The lowest BCUT2D eigenvalue weighted by Crippen LogP contribution is -2.48. The van der Waals surface area contributed by atoms with Gasteiger partial charge in [-0.15, -0.1) is 0 Å². The lowest BCUT2D eigenvalue weighted by molar-refractivity contribution is 0.0933. The van der Waals surface area contributed by atoms with Gasteiger partial charge in [0.05, 0.1) is 29.5 Å². The van der Waals surface area contributed by atoms with Crippen molar-refractivity contribution < 1.29 is 9.53 Å². The molecule has 0 radical (unpaired) electrons. The van der Waals surface area contributed by atoms with Gasteiger partial charge in [0.2, 0.25) is 11.8 Å². The minimum atomic E-state index is -0.107. The van der Waals surface area contributed by atoms with E-state index >= 15 is 0 Å². The van der Waals surface area contributed by atoms with Crippen LogP contribution in [-0.2, 0) is 7.05 Å². The number of rotatable bonds is 4. The number of carbonyl (C=O) groups excluding carboxylic acids is 1. The summed E-state index contributed by atoms with van der Waals surface area (Å²) in [5.74, 6) is 1.00. The Balaban J connectivity index is 1.67. The third-order valence-electron chi connectivity index (χ3n) is 3.90.